The number of unbranched alkanes of at least 4 members (excludes halogenated alkanes) is 1. The third-order valence-electron chi connectivity index (χ3n) is 3.04. The van der Waals surface area contributed by atoms with Gasteiger partial charge in [-0.05, 0) is 43.9 Å². The summed E-state index contributed by atoms with van der Waals surface area (Å²) in [6.07, 6.45) is 6.58. The van der Waals surface area contributed by atoms with E-state index >= 15 is 0 Å². The van der Waals surface area contributed by atoms with Gasteiger partial charge < -0.3 is 5.32 Å². The Morgan fingerprint density at radius 2 is 2.00 bits per heavy atom. The Bertz CT molecular complexity index is 300. The first-order valence-corrected chi connectivity index (χ1v) is 6.18. The maximum atomic E-state index is 3.76. The summed E-state index contributed by atoms with van der Waals surface area (Å²) in [7, 11) is 2.03. The minimum Gasteiger partial charge on any atom is -0.313 e. The molecule has 0 aliphatic rings. The van der Waals surface area contributed by atoms with Crippen molar-refractivity contribution in [1.29, 1.82) is 0 Å². The molecule has 0 aromatic heterocycles. The van der Waals surface area contributed by atoms with Crippen LogP contribution >= 0.6 is 0 Å². The summed E-state index contributed by atoms with van der Waals surface area (Å²) in [5, 5.41) is 3.38. The zero-order valence-corrected chi connectivity index (χ0v) is 10.5. The fraction of sp³-hybridized carbons (Fsp3) is 0.467. The molecule has 0 fully saturated rings. The fourth-order valence-electron chi connectivity index (χ4n) is 1.93. The van der Waals surface area contributed by atoms with E-state index in [4.69, 9.17) is 0 Å². The molecule has 16 heavy (non-hydrogen) atoms. The number of hydrogen-bond donors (Lipinski definition) is 1. The minimum atomic E-state index is 0.478. The average Bonchev–Trinajstić information content (AvgIpc) is 2.35. The van der Waals surface area contributed by atoms with Crippen molar-refractivity contribution in [3.63, 3.8) is 0 Å². The van der Waals surface area contributed by atoms with Crippen LogP contribution in [-0.4, -0.2) is 7.05 Å². The first-order chi connectivity index (χ1) is 7.81. The molecule has 1 unspecified atom stereocenters. The topological polar surface area (TPSA) is 12.0 Å². The third kappa shape index (κ3) is 3.82. The van der Waals surface area contributed by atoms with Crippen LogP contribution in [0.25, 0.3) is 0 Å². The maximum Gasteiger partial charge on any atom is 0.0317 e. The molecule has 0 bridgehead atoms. The number of benzene rings is 1. The van der Waals surface area contributed by atoms with Crippen molar-refractivity contribution in [2.24, 2.45) is 0 Å². The van der Waals surface area contributed by atoms with Crippen molar-refractivity contribution >= 4 is 0 Å². The van der Waals surface area contributed by atoms with Gasteiger partial charge in [-0.1, -0.05) is 37.3 Å². The first kappa shape index (κ1) is 13.0. The van der Waals surface area contributed by atoms with Crippen molar-refractivity contribution in [3.05, 3.63) is 48.0 Å². The molecule has 1 nitrogen and oxygen atoms in total. The van der Waals surface area contributed by atoms with Crippen LogP contribution in [0.4, 0.5) is 0 Å². The van der Waals surface area contributed by atoms with Gasteiger partial charge in [0.2, 0.25) is 0 Å². The maximum absolute atomic E-state index is 3.76. The van der Waals surface area contributed by atoms with E-state index in [2.05, 4.69) is 43.1 Å². The second-order valence-corrected chi connectivity index (χ2v) is 4.16. The second kappa shape index (κ2) is 7.24. The van der Waals surface area contributed by atoms with Crippen molar-refractivity contribution in [1.82, 2.24) is 5.32 Å². The summed E-state index contributed by atoms with van der Waals surface area (Å²) in [6.45, 7) is 5.95. The number of rotatable bonds is 7. The largest absolute Gasteiger partial charge is 0.313 e. The molecule has 1 aromatic rings. The fourth-order valence-corrected chi connectivity index (χ4v) is 1.93. The predicted molar refractivity (Wildman–Crippen MR) is 71.7 cm³/mol. The van der Waals surface area contributed by atoms with E-state index in [1.165, 1.54) is 24.0 Å². The lowest BCUT2D eigenvalue weighted by atomic mass is 9.99. The van der Waals surface area contributed by atoms with E-state index in [0.717, 1.165) is 12.8 Å². The SMILES string of the molecule is C=CCCCC(NC)c1ccc(CC)cc1. The van der Waals surface area contributed by atoms with Crippen LogP contribution in [0.3, 0.4) is 0 Å². The van der Waals surface area contributed by atoms with E-state index in [-0.39, 0.29) is 0 Å². The van der Waals surface area contributed by atoms with Gasteiger partial charge in [0, 0.05) is 6.04 Å². The van der Waals surface area contributed by atoms with Gasteiger partial charge >= 0.3 is 0 Å². The number of hydrogen-bond acceptors (Lipinski definition) is 1. The number of aryl methyl sites for hydroxylation is 1. The highest BCUT2D eigenvalue weighted by Gasteiger charge is 2.07. The third-order valence-corrected chi connectivity index (χ3v) is 3.04. The molecule has 0 saturated heterocycles. The van der Waals surface area contributed by atoms with Gasteiger partial charge in [0.1, 0.15) is 0 Å². The highest BCUT2D eigenvalue weighted by Crippen LogP contribution is 2.19. The zero-order chi connectivity index (χ0) is 11.8. The standard InChI is InChI=1S/C15H23N/c1-4-6-7-8-15(16-3)14-11-9-13(5-2)10-12-14/h4,9-12,15-16H,1,5-8H2,2-3H3. The number of allylic oxidation sites excluding steroid dienone is 1. The van der Waals surface area contributed by atoms with Gasteiger partial charge in [-0.3, -0.25) is 0 Å². The van der Waals surface area contributed by atoms with Crippen molar-refractivity contribution < 1.29 is 0 Å². The second-order valence-electron chi connectivity index (χ2n) is 4.16. The van der Waals surface area contributed by atoms with Crippen LogP contribution in [0.15, 0.2) is 36.9 Å². The lowest BCUT2D eigenvalue weighted by Crippen LogP contribution is -2.16. The van der Waals surface area contributed by atoms with Gasteiger partial charge in [-0.25, -0.2) is 0 Å². The van der Waals surface area contributed by atoms with Crippen molar-refractivity contribution in [3.8, 4) is 0 Å². The summed E-state index contributed by atoms with van der Waals surface area (Å²) < 4.78 is 0. The highest BCUT2D eigenvalue weighted by atomic mass is 14.9. The van der Waals surface area contributed by atoms with E-state index in [0.29, 0.717) is 6.04 Å². The van der Waals surface area contributed by atoms with E-state index in [9.17, 15) is 0 Å². The Kier molecular flexibility index (Phi) is 5.87. The average molecular weight is 217 g/mol. The first-order valence-electron chi connectivity index (χ1n) is 6.18. The van der Waals surface area contributed by atoms with E-state index < -0.39 is 0 Å². The summed E-state index contributed by atoms with van der Waals surface area (Å²) in [4.78, 5) is 0. The molecule has 88 valence electrons. The van der Waals surface area contributed by atoms with E-state index in [1.54, 1.807) is 0 Å². The lowest BCUT2D eigenvalue weighted by molar-refractivity contribution is 0.530. The molecular formula is C15H23N. The summed E-state index contributed by atoms with van der Waals surface area (Å²) in [5.74, 6) is 0. The molecule has 1 heteroatoms. The summed E-state index contributed by atoms with van der Waals surface area (Å²) >= 11 is 0. The molecule has 1 aromatic carbocycles. The molecule has 1 atom stereocenters. The lowest BCUT2D eigenvalue weighted by Gasteiger charge is -2.16. The minimum absolute atomic E-state index is 0.478. The highest BCUT2D eigenvalue weighted by molar-refractivity contribution is 5.25. The zero-order valence-electron chi connectivity index (χ0n) is 10.5. The number of nitrogens with one attached hydrogen (secondary N) is 1. The quantitative estimate of drug-likeness (QED) is 0.540. The monoisotopic (exact) mass is 217 g/mol. The summed E-state index contributed by atoms with van der Waals surface area (Å²) in [6, 6.07) is 9.42. The summed E-state index contributed by atoms with van der Waals surface area (Å²) in [5.41, 5.74) is 2.80. The molecule has 1 N–H and O–H groups in total. The Labute approximate surface area is 99.6 Å². The Balaban J connectivity index is 2.59. The molecule has 0 radical (unpaired) electrons. The van der Waals surface area contributed by atoms with Crippen LogP contribution < -0.4 is 5.32 Å². The van der Waals surface area contributed by atoms with Gasteiger partial charge in [-0.15, -0.1) is 6.58 Å². The van der Waals surface area contributed by atoms with E-state index in [1.807, 2.05) is 13.1 Å². The van der Waals surface area contributed by atoms with Crippen LogP contribution in [-0.2, 0) is 6.42 Å². The molecule has 0 amide bonds. The molecule has 0 aliphatic heterocycles. The van der Waals surface area contributed by atoms with Crippen molar-refractivity contribution in [2.45, 2.75) is 38.6 Å². The van der Waals surface area contributed by atoms with Gasteiger partial charge in [0.25, 0.3) is 0 Å². The Hall–Kier alpha value is -1.08. The molecule has 0 saturated carbocycles. The van der Waals surface area contributed by atoms with Gasteiger partial charge in [-0.2, -0.15) is 0 Å². The van der Waals surface area contributed by atoms with Crippen LogP contribution in [0.2, 0.25) is 0 Å². The smallest absolute Gasteiger partial charge is 0.0317 e. The van der Waals surface area contributed by atoms with Gasteiger partial charge in [0.15, 0.2) is 0 Å². The molecule has 0 aliphatic carbocycles. The van der Waals surface area contributed by atoms with Crippen LogP contribution in [0, 0.1) is 0 Å². The molecular weight excluding hydrogens is 194 g/mol. The van der Waals surface area contributed by atoms with Crippen molar-refractivity contribution in [2.75, 3.05) is 7.05 Å². The van der Waals surface area contributed by atoms with Crippen LogP contribution in [0.5, 0.6) is 0 Å². The van der Waals surface area contributed by atoms with Gasteiger partial charge in [0.05, 0.1) is 0 Å². The molecule has 0 heterocycles. The van der Waals surface area contributed by atoms with Crippen LogP contribution in [0.1, 0.15) is 43.4 Å². The predicted octanol–water partition coefficient (Wildman–Crippen LogP) is 3.87. The molecule has 0 spiro atoms. The Morgan fingerprint density at radius 1 is 1.31 bits per heavy atom. The normalized spacial score (nSPS) is 12.4. The Morgan fingerprint density at radius 3 is 2.50 bits per heavy atom. The molecule has 1 rings (SSSR count).